The molecule has 13 N–H and O–H groups in total. The maximum absolute atomic E-state index is 13.3. The Morgan fingerprint density at radius 1 is 0.562 bits per heavy atom. The summed E-state index contributed by atoms with van der Waals surface area (Å²) in [5, 5.41) is 98.1. The van der Waals surface area contributed by atoms with Gasteiger partial charge in [-0.1, -0.05) is 10.1 Å². The van der Waals surface area contributed by atoms with E-state index in [9.17, 15) is 99.9 Å². The predicted octanol–water partition coefficient (Wildman–Crippen LogP) is 8.82. The molecular weight excluding hydrogens is 1340 g/mol. The molecule has 8 aromatic rings. The number of phenols is 2. The average Bonchev–Trinajstić information content (AvgIpc) is 1.38. The molecule has 8 rings (SSSR count). The van der Waals surface area contributed by atoms with Gasteiger partial charge in [0.05, 0.1) is 66.1 Å². The Bertz CT molecular complexity index is 5100. The minimum Gasteiger partial charge on any atom is -0.505 e. The number of fused-ring (bicyclic) bond motifs is 2. The molecule has 40 nitrogen and oxygen atoms in total. The number of nitrogens with one attached hydrogen (secondary N) is 1. The lowest BCUT2D eigenvalue weighted by Gasteiger charge is -2.15. The van der Waals surface area contributed by atoms with E-state index < -0.39 is 186 Å². The van der Waals surface area contributed by atoms with Crippen molar-refractivity contribution in [3.05, 3.63) is 117 Å². The largest absolute Gasteiger partial charge is 0.505 e. The Labute approximate surface area is 500 Å². The number of aromatic nitrogens is 2. The van der Waals surface area contributed by atoms with Crippen LogP contribution in [-0.2, 0) is 69.3 Å². The second-order valence-corrected chi connectivity index (χ2v) is 25.3. The molecule has 466 valence electrons. The summed E-state index contributed by atoms with van der Waals surface area (Å²) in [6.07, 6.45) is 0. The van der Waals surface area contributed by atoms with Gasteiger partial charge < -0.3 is 21.1 Å². The molecule has 0 fully saturated rings. The van der Waals surface area contributed by atoms with E-state index in [1.807, 2.05) is 0 Å². The Hall–Kier alpha value is -9.25. The summed E-state index contributed by atoms with van der Waals surface area (Å²) < 4.78 is 185. The summed E-state index contributed by atoms with van der Waals surface area (Å²) in [5.41, 5.74) is -3.60. The third-order valence-electron chi connectivity index (χ3n) is 11.5. The Balaban J connectivity index is 1.21. The number of hydrogen-bond acceptors (Lipinski definition) is 33. The van der Waals surface area contributed by atoms with Crippen molar-refractivity contribution in [2.45, 2.75) is 34.3 Å². The lowest BCUT2D eigenvalue weighted by Crippen LogP contribution is -2.14. The van der Waals surface area contributed by atoms with Crippen LogP contribution in [0, 0.1) is 10.1 Å². The van der Waals surface area contributed by atoms with Crippen molar-refractivity contribution in [2.24, 2.45) is 40.9 Å². The van der Waals surface area contributed by atoms with Crippen molar-refractivity contribution in [2.75, 3.05) is 5.73 Å². The molecule has 0 aliphatic rings. The van der Waals surface area contributed by atoms with Crippen LogP contribution in [0.2, 0.25) is 0 Å². The summed E-state index contributed by atoms with van der Waals surface area (Å²) >= 11 is 0.102. The average molecular weight is 1370 g/mol. The number of rotatable bonds is 22. The molecule has 0 atom stereocenters. The molecular formula is C42H28N12O28S7. The molecule has 0 saturated carbocycles. The highest BCUT2D eigenvalue weighted by molar-refractivity contribution is 7.95. The number of nitro groups is 1. The highest BCUT2D eigenvalue weighted by Crippen LogP contribution is 2.51. The van der Waals surface area contributed by atoms with Gasteiger partial charge in [0.1, 0.15) is 53.7 Å². The van der Waals surface area contributed by atoms with E-state index in [1.54, 1.807) is 0 Å². The molecule has 0 aliphatic heterocycles. The number of aromatic amines is 1. The van der Waals surface area contributed by atoms with Gasteiger partial charge in [0.15, 0.2) is 22.9 Å². The van der Waals surface area contributed by atoms with Crippen molar-refractivity contribution < 1.29 is 119 Å². The number of nitrogens with zero attached hydrogens (tertiary/aromatic N) is 10. The second-order valence-electron chi connectivity index (χ2n) is 16.8. The highest BCUT2D eigenvalue weighted by Gasteiger charge is 2.31. The molecule has 0 bridgehead atoms. The van der Waals surface area contributed by atoms with Crippen LogP contribution in [0.1, 0.15) is 10.5 Å². The monoisotopic (exact) mass is 1370 g/mol. The molecule has 0 aliphatic carbocycles. The fourth-order valence-corrected chi connectivity index (χ4v) is 12.0. The third kappa shape index (κ3) is 14.0. The SMILES string of the molecule is Nc1c(N=Nc2ccc3c(O)c(N=Nc4ccc(N=Nc5c(C(=O)O)[nH]n(-c6ccc(S(=O)(=O)O)cc6)c5=O)cc4SOOO)c(S(=O)(=O)O)cc3c2S(=O)(=O)O)cc(S(=O)(=O)O)c2cc(SOOO)c(N=Nc3ccc([N+](=O)[O-])cc3S(=O)(=O)O)c(O)c12. The van der Waals surface area contributed by atoms with Crippen molar-refractivity contribution in [1.82, 2.24) is 9.78 Å². The second kappa shape index (κ2) is 25.1. The van der Waals surface area contributed by atoms with Crippen LogP contribution in [0.5, 0.6) is 11.5 Å². The van der Waals surface area contributed by atoms with Crippen molar-refractivity contribution in [1.29, 1.82) is 0 Å². The molecule has 7 aromatic carbocycles. The minimum absolute atomic E-state index is 0.0424. The zero-order chi connectivity index (χ0) is 65.5. The molecule has 0 amide bonds. The minimum atomic E-state index is -5.72. The fourth-order valence-electron chi connectivity index (χ4n) is 7.76. The number of carbonyl (C=O) groups is 1. The van der Waals surface area contributed by atoms with Crippen LogP contribution in [0.4, 0.5) is 56.9 Å². The summed E-state index contributed by atoms with van der Waals surface area (Å²) in [6.45, 7) is 0. The number of anilines is 1. The number of phenolic OH excluding ortho intramolecular Hbond substituents is 2. The third-order valence-corrected chi connectivity index (χ3v) is 17.2. The van der Waals surface area contributed by atoms with Gasteiger partial charge in [-0.25, -0.2) is 20.0 Å². The summed E-state index contributed by atoms with van der Waals surface area (Å²) in [6, 6.07) is 11.9. The molecule has 0 saturated heterocycles. The number of nitrogens with two attached hydrogens (primary N) is 1. The van der Waals surface area contributed by atoms with Crippen LogP contribution in [0.15, 0.2) is 171 Å². The van der Waals surface area contributed by atoms with Gasteiger partial charge in [0, 0.05) is 28.3 Å². The van der Waals surface area contributed by atoms with Crippen LogP contribution in [0.25, 0.3) is 27.2 Å². The Kier molecular flexibility index (Phi) is 18.5. The van der Waals surface area contributed by atoms with E-state index in [2.05, 4.69) is 64.8 Å². The number of nitro benzene ring substituents is 1. The normalized spacial score (nSPS) is 12.9. The number of nitrogen functional groups attached to an aromatic ring is 1. The lowest BCUT2D eigenvalue weighted by molar-refractivity contribution is -0.432. The molecule has 0 unspecified atom stereocenters. The standard InChI is InChI=1S/C42H28N12O28S7/c43-33-26(15-29(86(67,68)69)22-13-28(84-82-80-63)34(39(56)32(22)33)49-46-24-9-4-18(54(60)61)12-30(24)87(70,71)72)48-47-25-10-7-20-21(40(25)89(76,77)78)14-31(88(73,74)75)35(38(20)55)50-45-23-8-1-16(11-27(23)83-81-79-62)44-51-36-37(42(58)59)52-53(41(36)57)17-2-5-19(6-3-17)85(64,65)66/h1-15,52,55-56,62-63H,43H2,(H,58,59)(H,64,65,66)(H,67,68,69)(H,70,71,72)(H,73,74,75)(H,76,77,78). The van der Waals surface area contributed by atoms with E-state index in [4.69, 9.17) is 16.2 Å². The van der Waals surface area contributed by atoms with Gasteiger partial charge in [-0.15, -0.1) is 44.5 Å². The highest BCUT2D eigenvalue weighted by atomic mass is 32.2. The number of aromatic hydroxyl groups is 2. The maximum Gasteiger partial charge on any atom is 0.356 e. The van der Waals surface area contributed by atoms with Gasteiger partial charge in [-0.3, -0.25) is 42.8 Å². The number of carboxylic acid groups (broad SMARTS) is 1. The number of carboxylic acids is 1. The smallest absolute Gasteiger partial charge is 0.356 e. The van der Waals surface area contributed by atoms with Crippen molar-refractivity contribution >= 4 is 159 Å². The van der Waals surface area contributed by atoms with Crippen molar-refractivity contribution in [3.63, 3.8) is 0 Å². The van der Waals surface area contributed by atoms with Gasteiger partial charge >= 0.3 is 5.97 Å². The van der Waals surface area contributed by atoms with Gasteiger partial charge in [-0.2, -0.15) is 47.2 Å². The van der Waals surface area contributed by atoms with Crippen molar-refractivity contribution in [3.8, 4) is 17.2 Å². The number of hydrogen-bond donors (Lipinski definition) is 12. The van der Waals surface area contributed by atoms with E-state index in [0.717, 1.165) is 60.7 Å². The quantitative estimate of drug-likeness (QED) is 0.00573. The van der Waals surface area contributed by atoms with E-state index in [-0.39, 0.29) is 40.4 Å². The topological polar surface area (TPSA) is 633 Å². The lowest BCUT2D eigenvalue weighted by atomic mass is 10.0. The van der Waals surface area contributed by atoms with Crippen LogP contribution < -0.4 is 11.3 Å². The van der Waals surface area contributed by atoms with Crippen LogP contribution in [0.3, 0.4) is 0 Å². The Morgan fingerprint density at radius 3 is 1.71 bits per heavy atom. The Morgan fingerprint density at radius 2 is 1.12 bits per heavy atom. The fraction of sp³-hybridized carbons (Fsp3) is 0. The summed E-state index contributed by atoms with van der Waals surface area (Å²) in [5.74, 6) is -4.25. The molecule has 1 aromatic heterocycles. The number of benzene rings is 7. The summed E-state index contributed by atoms with van der Waals surface area (Å²) in [4.78, 5) is 29.1. The molecule has 89 heavy (non-hydrogen) atoms. The van der Waals surface area contributed by atoms with Crippen LogP contribution >= 0.6 is 24.1 Å². The summed E-state index contributed by atoms with van der Waals surface area (Å²) in [7, 11) is -26.8. The number of azo groups is 4. The predicted molar refractivity (Wildman–Crippen MR) is 296 cm³/mol. The van der Waals surface area contributed by atoms with E-state index in [1.165, 1.54) is 0 Å². The number of H-pyrrole nitrogens is 1. The maximum atomic E-state index is 13.3. The van der Waals surface area contributed by atoms with Gasteiger partial charge in [0.25, 0.3) is 61.8 Å². The van der Waals surface area contributed by atoms with Gasteiger partial charge in [-0.05, 0) is 78.9 Å². The van der Waals surface area contributed by atoms with E-state index in [0.29, 0.717) is 35.0 Å². The molecule has 0 spiro atoms. The zero-order valence-corrected chi connectivity index (χ0v) is 48.1. The first-order valence-corrected chi connectivity index (χ1v) is 31.1. The number of aromatic carboxylic acids is 1. The first-order chi connectivity index (χ1) is 41.5. The first-order valence-electron chi connectivity index (χ1n) is 22.4. The number of non-ortho nitro benzene ring substituents is 1. The zero-order valence-electron chi connectivity index (χ0n) is 42.4. The molecule has 47 heteroatoms. The molecule has 0 radical (unpaired) electrons. The first kappa shape index (κ1) is 65.7. The van der Waals surface area contributed by atoms with Gasteiger partial charge in [0.2, 0.25) is 0 Å². The molecule has 1 heterocycles. The van der Waals surface area contributed by atoms with Crippen LogP contribution in [-0.4, -0.2) is 111 Å². The van der Waals surface area contributed by atoms with E-state index >= 15 is 0 Å².